The number of allylic oxidation sites excluding steroid dienone is 1. The maximum absolute atomic E-state index is 12.7. The number of esters is 1. The molecule has 1 N–H and O–H groups in total. The third-order valence-electron chi connectivity index (χ3n) is 4.36. The molecule has 5 nitrogen and oxygen atoms in total. The highest BCUT2D eigenvalue weighted by atomic mass is 35.5. The summed E-state index contributed by atoms with van der Waals surface area (Å²) in [7, 11) is 0. The highest BCUT2D eigenvalue weighted by molar-refractivity contribution is 6.35. The van der Waals surface area contributed by atoms with Crippen molar-refractivity contribution in [2.75, 3.05) is 13.2 Å². The Bertz CT molecular complexity index is 912. The van der Waals surface area contributed by atoms with Gasteiger partial charge in [0.1, 0.15) is 19.0 Å². The standard InChI is InChI=1S/C21H19Cl2NO4/c1-13-20(21(26)28-10-9-27-15-5-3-2-4-6-15)17(12-19(25)24-13)16-8-7-14(22)11-18(16)23/h2-8,11,17H,9-10,12H2,1H3,(H,24,25)/t17-/m1/s1. The van der Waals surface area contributed by atoms with Crippen molar-refractivity contribution in [1.29, 1.82) is 0 Å². The minimum absolute atomic E-state index is 0.0829. The number of amides is 1. The van der Waals surface area contributed by atoms with E-state index in [1.807, 2.05) is 30.3 Å². The molecule has 0 saturated heterocycles. The Kier molecular flexibility index (Phi) is 6.60. The molecule has 1 aliphatic heterocycles. The topological polar surface area (TPSA) is 64.6 Å². The summed E-state index contributed by atoms with van der Waals surface area (Å²) in [6, 6.07) is 14.3. The van der Waals surface area contributed by atoms with Crippen molar-refractivity contribution in [2.24, 2.45) is 0 Å². The molecule has 0 saturated carbocycles. The van der Waals surface area contributed by atoms with Gasteiger partial charge in [0.05, 0.1) is 5.57 Å². The first-order valence-corrected chi connectivity index (χ1v) is 9.52. The quantitative estimate of drug-likeness (QED) is 0.553. The van der Waals surface area contributed by atoms with Gasteiger partial charge in [-0.3, -0.25) is 4.79 Å². The van der Waals surface area contributed by atoms with Crippen LogP contribution in [0.5, 0.6) is 5.75 Å². The second-order valence-electron chi connectivity index (χ2n) is 6.31. The van der Waals surface area contributed by atoms with Crippen molar-refractivity contribution in [3.63, 3.8) is 0 Å². The zero-order valence-corrected chi connectivity index (χ0v) is 16.7. The van der Waals surface area contributed by atoms with Gasteiger partial charge in [-0.2, -0.15) is 0 Å². The number of carbonyl (C=O) groups excluding carboxylic acids is 2. The Hall–Kier alpha value is -2.50. The van der Waals surface area contributed by atoms with E-state index in [0.29, 0.717) is 32.6 Å². The second-order valence-corrected chi connectivity index (χ2v) is 7.15. The van der Waals surface area contributed by atoms with Crippen LogP contribution < -0.4 is 10.1 Å². The van der Waals surface area contributed by atoms with Crippen molar-refractivity contribution in [3.8, 4) is 5.75 Å². The summed E-state index contributed by atoms with van der Waals surface area (Å²) in [5.41, 5.74) is 1.50. The van der Waals surface area contributed by atoms with Crippen LogP contribution >= 0.6 is 23.2 Å². The fourth-order valence-electron chi connectivity index (χ4n) is 3.11. The zero-order chi connectivity index (χ0) is 20.1. The number of hydrogen-bond donors (Lipinski definition) is 1. The Balaban J connectivity index is 1.71. The second kappa shape index (κ2) is 9.13. The predicted molar refractivity (Wildman–Crippen MR) is 108 cm³/mol. The number of rotatable bonds is 6. The summed E-state index contributed by atoms with van der Waals surface area (Å²) in [4.78, 5) is 24.8. The third kappa shape index (κ3) is 4.86. The summed E-state index contributed by atoms with van der Waals surface area (Å²) >= 11 is 12.3. The summed E-state index contributed by atoms with van der Waals surface area (Å²) in [5.74, 6) is -0.492. The van der Waals surface area contributed by atoms with Crippen molar-refractivity contribution in [2.45, 2.75) is 19.3 Å². The molecular weight excluding hydrogens is 401 g/mol. The first-order chi connectivity index (χ1) is 13.5. The lowest BCUT2D eigenvalue weighted by molar-refractivity contribution is -0.140. The van der Waals surface area contributed by atoms with Gasteiger partial charge in [-0.15, -0.1) is 0 Å². The summed E-state index contributed by atoms with van der Waals surface area (Å²) in [6.45, 7) is 1.98. The number of ether oxygens (including phenoxy) is 2. The number of hydrogen-bond acceptors (Lipinski definition) is 4. The molecule has 0 unspecified atom stereocenters. The van der Waals surface area contributed by atoms with E-state index < -0.39 is 11.9 Å². The molecule has 0 spiro atoms. The third-order valence-corrected chi connectivity index (χ3v) is 4.92. The van der Waals surface area contributed by atoms with Crippen molar-refractivity contribution < 1.29 is 19.1 Å². The van der Waals surface area contributed by atoms with Gasteiger partial charge in [0.15, 0.2) is 0 Å². The molecule has 1 atom stereocenters. The molecule has 1 heterocycles. The lowest BCUT2D eigenvalue weighted by atomic mass is 9.84. The minimum atomic E-state index is -0.509. The molecule has 0 aliphatic carbocycles. The molecule has 3 rings (SSSR count). The average Bonchev–Trinajstić information content (AvgIpc) is 2.65. The maximum Gasteiger partial charge on any atom is 0.336 e. The normalized spacial score (nSPS) is 16.5. The summed E-state index contributed by atoms with van der Waals surface area (Å²) < 4.78 is 10.9. The Morgan fingerprint density at radius 3 is 2.61 bits per heavy atom. The first-order valence-electron chi connectivity index (χ1n) is 8.76. The number of halogens is 2. The zero-order valence-electron chi connectivity index (χ0n) is 15.2. The monoisotopic (exact) mass is 419 g/mol. The maximum atomic E-state index is 12.7. The largest absolute Gasteiger partial charge is 0.490 e. The Morgan fingerprint density at radius 1 is 1.14 bits per heavy atom. The average molecular weight is 420 g/mol. The Labute approximate surface area is 173 Å². The van der Waals surface area contributed by atoms with Gasteiger partial charge < -0.3 is 14.8 Å². The molecule has 0 bridgehead atoms. The van der Waals surface area contributed by atoms with Crippen molar-refractivity contribution >= 4 is 35.1 Å². The van der Waals surface area contributed by atoms with E-state index in [4.69, 9.17) is 32.7 Å². The number of nitrogens with one attached hydrogen (secondary N) is 1. The molecule has 1 amide bonds. The van der Waals surface area contributed by atoms with Crippen LogP contribution in [-0.4, -0.2) is 25.1 Å². The highest BCUT2D eigenvalue weighted by Crippen LogP contribution is 2.38. The first kappa shape index (κ1) is 20.2. The van der Waals surface area contributed by atoms with Crippen LogP contribution in [0.4, 0.5) is 0 Å². The lowest BCUT2D eigenvalue weighted by Crippen LogP contribution is -2.34. The van der Waals surface area contributed by atoms with E-state index in [1.165, 1.54) is 0 Å². The number of carbonyl (C=O) groups is 2. The lowest BCUT2D eigenvalue weighted by Gasteiger charge is -2.27. The van der Waals surface area contributed by atoms with Gasteiger partial charge >= 0.3 is 5.97 Å². The van der Waals surface area contributed by atoms with E-state index in [1.54, 1.807) is 25.1 Å². The molecular formula is C21H19Cl2NO4. The van der Waals surface area contributed by atoms with Crippen LogP contribution in [0.25, 0.3) is 0 Å². The van der Waals surface area contributed by atoms with Gasteiger partial charge in [-0.05, 0) is 36.8 Å². The van der Waals surface area contributed by atoms with E-state index in [-0.39, 0.29) is 25.5 Å². The minimum Gasteiger partial charge on any atom is -0.490 e. The fourth-order valence-corrected chi connectivity index (χ4v) is 3.65. The van der Waals surface area contributed by atoms with Crippen LogP contribution in [0.1, 0.15) is 24.8 Å². The van der Waals surface area contributed by atoms with Crippen LogP contribution in [0, 0.1) is 0 Å². The van der Waals surface area contributed by atoms with E-state index >= 15 is 0 Å². The molecule has 1 aliphatic rings. The number of benzene rings is 2. The van der Waals surface area contributed by atoms with Crippen LogP contribution in [0.3, 0.4) is 0 Å². The SMILES string of the molecule is CC1=C(C(=O)OCCOc2ccccc2)[C@@H](c2ccc(Cl)cc2Cl)CC(=O)N1. The van der Waals surface area contributed by atoms with Gasteiger partial charge in [0.2, 0.25) is 5.91 Å². The van der Waals surface area contributed by atoms with E-state index in [0.717, 1.165) is 0 Å². The van der Waals surface area contributed by atoms with E-state index in [9.17, 15) is 9.59 Å². The predicted octanol–water partition coefficient (Wildman–Crippen LogP) is 4.49. The van der Waals surface area contributed by atoms with Gasteiger partial charge in [0.25, 0.3) is 0 Å². The molecule has 0 fully saturated rings. The van der Waals surface area contributed by atoms with Gasteiger partial charge in [0, 0.05) is 28.1 Å². The molecule has 0 aromatic heterocycles. The van der Waals surface area contributed by atoms with Crippen LogP contribution in [0.15, 0.2) is 59.8 Å². The highest BCUT2D eigenvalue weighted by Gasteiger charge is 2.33. The van der Waals surface area contributed by atoms with Crippen molar-refractivity contribution in [3.05, 3.63) is 75.4 Å². The Morgan fingerprint density at radius 2 is 1.89 bits per heavy atom. The van der Waals surface area contributed by atoms with Gasteiger partial charge in [-0.1, -0.05) is 47.5 Å². The molecule has 7 heteroatoms. The van der Waals surface area contributed by atoms with Crippen molar-refractivity contribution in [1.82, 2.24) is 5.32 Å². The molecule has 2 aromatic carbocycles. The molecule has 0 radical (unpaired) electrons. The van der Waals surface area contributed by atoms with E-state index in [2.05, 4.69) is 5.32 Å². The summed E-state index contributed by atoms with van der Waals surface area (Å²) in [5, 5.41) is 3.58. The smallest absolute Gasteiger partial charge is 0.336 e. The van der Waals surface area contributed by atoms with Crippen LogP contribution in [-0.2, 0) is 14.3 Å². The number of para-hydroxylation sites is 1. The molecule has 28 heavy (non-hydrogen) atoms. The molecule has 146 valence electrons. The van der Waals surface area contributed by atoms with Crippen LogP contribution in [0.2, 0.25) is 10.0 Å². The summed E-state index contributed by atoms with van der Waals surface area (Å²) in [6.07, 6.45) is 0.101. The fraction of sp³-hybridized carbons (Fsp3) is 0.238. The van der Waals surface area contributed by atoms with Gasteiger partial charge in [-0.25, -0.2) is 4.79 Å². The molecule has 2 aromatic rings.